The molecule has 8 rings (SSSR count). The normalized spacial score (nSPS) is 23.1. The quantitative estimate of drug-likeness (QED) is 0.266. The Balaban J connectivity index is 1.20. The van der Waals surface area contributed by atoms with Gasteiger partial charge in [0.1, 0.15) is 5.52 Å². The summed E-state index contributed by atoms with van der Waals surface area (Å²) in [4.78, 5) is 28.9. The van der Waals surface area contributed by atoms with Crippen LogP contribution in [0.15, 0.2) is 54.9 Å². The SMILES string of the molecule is CC(C)n1cnc2cc(-c3ccc4c(c3)N([C@H]3C[C@@H](N5CCCCC5)C3)C(=O)C43CCNCC3)nc(Oc3ccccc3F)c21. The van der Waals surface area contributed by atoms with Gasteiger partial charge in [-0.3, -0.25) is 4.79 Å². The lowest BCUT2D eigenvalue weighted by Gasteiger charge is -2.48. The van der Waals surface area contributed by atoms with Gasteiger partial charge in [0.05, 0.1) is 23.0 Å². The van der Waals surface area contributed by atoms with E-state index in [1.807, 2.05) is 10.6 Å². The summed E-state index contributed by atoms with van der Waals surface area (Å²) in [7, 11) is 0. The molecule has 3 aliphatic heterocycles. The van der Waals surface area contributed by atoms with Crippen molar-refractivity contribution in [2.75, 3.05) is 31.1 Å². The van der Waals surface area contributed by atoms with E-state index in [9.17, 15) is 9.18 Å². The van der Waals surface area contributed by atoms with Gasteiger partial charge in [-0.05, 0) is 108 Å². The number of carbonyl (C=O) groups excluding carboxylic acids is 1. The van der Waals surface area contributed by atoms with Crippen molar-refractivity contribution >= 4 is 22.6 Å². The van der Waals surface area contributed by atoms with Crippen molar-refractivity contribution in [2.45, 2.75) is 82.3 Å². The fourth-order valence-electron chi connectivity index (χ4n) is 8.07. The van der Waals surface area contributed by atoms with Crippen LogP contribution in [-0.4, -0.2) is 63.6 Å². The Bertz CT molecular complexity index is 1750. The molecule has 9 heteroatoms. The maximum absolute atomic E-state index is 14.7. The molecule has 4 aliphatic rings. The van der Waals surface area contributed by atoms with Crippen molar-refractivity contribution < 1.29 is 13.9 Å². The third kappa shape index (κ3) is 4.74. The van der Waals surface area contributed by atoms with Crippen molar-refractivity contribution in [2.24, 2.45) is 0 Å². The molecule has 2 aromatic heterocycles. The van der Waals surface area contributed by atoms with Gasteiger partial charge in [0.25, 0.3) is 0 Å². The van der Waals surface area contributed by atoms with E-state index in [0.29, 0.717) is 17.6 Å². The molecule has 1 saturated carbocycles. The topological polar surface area (TPSA) is 75.5 Å². The number of halogens is 1. The number of piperidine rings is 2. The summed E-state index contributed by atoms with van der Waals surface area (Å²) >= 11 is 0. The number of nitrogens with one attached hydrogen (secondary N) is 1. The lowest BCUT2D eigenvalue weighted by Crippen LogP contribution is -2.58. The van der Waals surface area contributed by atoms with Crippen molar-refractivity contribution in [3.05, 3.63) is 66.2 Å². The van der Waals surface area contributed by atoms with Crippen LogP contribution < -0.4 is 15.0 Å². The Morgan fingerprint density at radius 3 is 2.53 bits per heavy atom. The fraction of sp³-hybridized carbons (Fsp3) is 0.472. The van der Waals surface area contributed by atoms with Crippen LogP contribution >= 0.6 is 0 Å². The molecule has 0 radical (unpaired) electrons. The smallest absolute Gasteiger partial charge is 0.246 e. The second kappa shape index (κ2) is 11.2. The molecule has 1 amide bonds. The second-order valence-electron chi connectivity index (χ2n) is 13.6. The summed E-state index contributed by atoms with van der Waals surface area (Å²) in [6.45, 7) is 8.19. The zero-order chi connectivity index (χ0) is 30.7. The molecule has 0 bridgehead atoms. The second-order valence-corrected chi connectivity index (χ2v) is 13.6. The largest absolute Gasteiger partial charge is 0.434 e. The monoisotopic (exact) mass is 608 g/mol. The van der Waals surface area contributed by atoms with Crippen LogP contribution in [0, 0.1) is 5.82 Å². The Hall–Kier alpha value is -3.82. The van der Waals surface area contributed by atoms with Gasteiger partial charge in [0, 0.05) is 29.4 Å². The number of hydrogen-bond donors (Lipinski definition) is 1. The molecule has 1 aliphatic carbocycles. The van der Waals surface area contributed by atoms with E-state index in [0.717, 1.165) is 66.6 Å². The number of amides is 1. The van der Waals surface area contributed by atoms with E-state index >= 15 is 0 Å². The van der Waals surface area contributed by atoms with E-state index in [1.165, 1.54) is 38.4 Å². The third-order valence-corrected chi connectivity index (χ3v) is 10.6. The molecule has 0 unspecified atom stereocenters. The first-order valence-electron chi connectivity index (χ1n) is 16.7. The zero-order valence-corrected chi connectivity index (χ0v) is 26.1. The minimum Gasteiger partial charge on any atom is -0.434 e. The number of nitrogens with zero attached hydrogens (tertiary/aromatic N) is 5. The number of carbonyl (C=O) groups is 1. The highest BCUT2D eigenvalue weighted by Gasteiger charge is 2.54. The molecule has 4 aromatic rings. The number of ether oxygens (including phenoxy) is 1. The summed E-state index contributed by atoms with van der Waals surface area (Å²) in [6.07, 6.45) is 9.36. The summed E-state index contributed by atoms with van der Waals surface area (Å²) < 4.78 is 22.9. The number of likely N-dealkylation sites (tertiary alicyclic amines) is 1. The number of pyridine rings is 1. The Labute approximate surface area is 263 Å². The van der Waals surface area contributed by atoms with Crippen LogP contribution in [0.1, 0.15) is 70.4 Å². The summed E-state index contributed by atoms with van der Waals surface area (Å²) in [5, 5.41) is 3.47. The molecule has 45 heavy (non-hydrogen) atoms. The van der Waals surface area contributed by atoms with Crippen LogP contribution in [0.2, 0.25) is 0 Å². The number of benzene rings is 2. The van der Waals surface area contributed by atoms with Crippen molar-refractivity contribution in [1.29, 1.82) is 0 Å². The maximum Gasteiger partial charge on any atom is 0.246 e. The molecular weight excluding hydrogens is 567 g/mol. The van der Waals surface area contributed by atoms with Gasteiger partial charge in [0.2, 0.25) is 11.8 Å². The predicted octanol–water partition coefficient (Wildman–Crippen LogP) is 6.60. The summed E-state index contributed by atoms with van der Waals surface area (Å²) in [6, 6.07) is 15.6. The highest BCUT2D eigenvalue weighted by molar-refractivity contribution is 6.09. The molecule has 8 nitrogen and oxygen atoms in total. The van der Waals surface area contributed by atoms with Gasteiger partial charge in [-0.2, -0.15) is 0 Å². The average Bonchev–Trinajstić information content (AvgIpc) is 3.57. The van der Waals surface area contributed by atoms with Gasteiger partial charge < -0.3 is 24.4 Å². The van der Waals surface area contributed by atoms with Crippen molar-refractivity contribution in [3.63, 3.8) is 0 Å². The molecular formula is C36H41FN6O2. The average molecular weight is 609 g/mol. The van der Waals surface area contributed by atoms with Crippen LogP contribution in [-0.2, 0) is 10.2 Å². The molecule has 2 aromatic carbocycles. The first-order valence-corrected chi connectivity index (χ1v) is 16.7. The molecule has 3 fully saturated rings. The fourth-order valence-corrected chi connectivity index (χ4v) is 8.07. The third-order valence-electron chi connectivity index (χ3n) is 10.6. The zero-order valence-electron chi connectivity index (χ0n) is 26.1. The minimum absolute atomic E-state index is 0.114. The highest BCUT2D eigenvalue weighted by atomic mass is 19.1. The van der Waals surface area contributed by atoms with Crippen LogP contribution in [0.25, 0.3) is 22.3 Å². The number of aromatic nitrogens is 3. The van der Waals surface area contributed by atoms with E-state index in [1.54, 1.807) is 24.5 Å². The molecule has 1 N–H and O–H groups in total. The number of anilines is 1. The van der Waals surface area contributed by atoms with E-state index in [4.69, 9.17) is 14.7 Å². The lowest BCUT2D eigenvalue weighted by molar-refractivity contribution is -0.125. The Morgan fingerprint density at radius 2 is 1.78 bits per heavy atom. The van der Waals surface area contributed by atoms with Gasteiger partial charge >= 0.3 is 0 Å². The first-order chi connectivity index (χ1) is 21.9. The number of hydrogen-bond acceptors (Lipinski definition) is 6. The molecule has 2 saturated heterocycles. The van der Waals surface area contributed by atoms with E-state index < -0.39 is 11.2 Å². The van der Waals surface area contributed by atoms with Gasteiger partial charge in [-0.25, -0.2) is 14.4 Å². The molecule has 1 spiro atoms. The van der Waals surface area contributed by atoms with Gasteiger partial charge in [0.15, 0.2) is 11.6 Å². The molecule has 234 valence electrons. The number of para-hydroxylation sites is 1. The standard InChI is InChI=1S/C36H41FN6O2/c1-23(2)42-22-39-30-21-29(40-34(33(30)42)45-32-9-5-4-8-28(32)37)24-10-11-27-31(18-24)43(35(44)36(27)12-14-38-15-13-36)26-19-25(20-26)41-16-6-3-7-17-41/h4-5,8-11,18,21-23,25-26,38H,3,6-7,12-17,19-20H2,1-2H3/t25-,26+. The number of fused-ring (bicyclic) bond motifs is 3. The van der Waals surface area contributed by atoms with E-state index in [2.05, 4.69) is 47.2 Å². The number of imidazole rings is 1. The van der Waals surface area contributed by atoms with Gasteiger partial charge in [-0.1, -0.05) is 30.7 Å². The lowest BCUT2D eigenvalue weighted by atomic mass is 9.74. The summed E-state index contributed by atoms with van der Waals surface area (Å²) in [5.74, 6) is 0.244. The predicted molar refractivity (Wildman–Crippen MR) is 173 cm³/mol. The minimum atomic E-state index is -0.470. The number of rotatable bonds is 6. The van der Waals surface area contributed by atoms with Gasteiger partial charge in [-0.15, -0.1) is 0 Å². The van der Waals surface area contributed by atoms with Crippen molar-refractivity contribution in [1.82, 2.24) is 24.8 Å². The molecule has 5 heterocycles. The Morgan fingerprint density at radius 1 is 1.00 bits per heavy atom. The maximum atomic E-state index is 14.7. The highest BCUT2D eigenvalue weighted by Crippen LogP contribution is 2.51. The van der Waals surface area contributed by atoms with Crippen molar-refractivity contribution in [3.8, 4) is 22.9 Å². The van der Waals surface area contributed by atoms with E-state index in [-0.39, 0.29) is 23.7 Å². The first kappa shape index (κ1) is 28.6. The summed E-state index contributed by atoms with van der Waals surface area (Å²) in [5.41, 5.74) is 4.73. The van der Waals surface area contributed by atoms with Crippen LogP contribution in [0.3, 0.4) is 0 Å². The molecule has 0 atom stereocenters. The van der Waals surface area contributed by atoms with Crippen LogP contribution in [0.4, 0.5) is 10.1 Å². The van der Waals surface area contributed by atoms with Crippen LogP contribution in [0.5, 0.6) is 11.6 Å². The Kier molecular flexibility index (Phi) is 7.13.